The molecule has 0 spiro atoms. The third kappa shape index (κ3) is 3.66. The molecule has 1 aliphatic heterocycles. The van der Waals surface area contributed by atoms with Crippen molar-refractivity contribution in [1.82, 2.24) is 10.2 Å². The first-order valence-corrected chi connectivity index (χ1v) is 4.98. The van der Waals surface area contributed by atoms with Crippen LogP contribution < -0.4 is 5.32 Å². The van der Waals surface area contributed by atoms with Crippen molar-refractivity contribution in [3.63, 3.8) is 0 Å². The second-order valence-corrected chi connectivity index (χ2v) is 4.89. The lowest BCUT2D eigenvalue weighted by Crippen LogP contribution is -2.44. The van der Waals surface area contributed by atoms with Gasteiger partial charge in [-0.25, -0.2) is 0 Å². The molecular formula is C10H21N3. The van der Waals surface area contributed by atoms with Gasteiger partial charge in [0, 0.05) is 26.7 Å². The number of hydrogen-bond acceptors (Lipinski definition) is 3. The van der Waals surface area contributed by atoms with Crippen molar-refractivity contribution < 1.29 is 0 Å². The highest BCUT2D eigenvalue weighted by Crippen LogP contribution is 2.10. The lowest BCUT2D eigenvalue weighted by molar-refractivity contribution is 0.383. The summed E-state index contributed by atoms with van der Waals surface area (Å²) < 4.78 is 0. The first kappa shape index (κ1) is 10.4. The smallest absolute Gasteiger partial charge is 0.193 e. The van der Waals surface area contributed by atoms with Gasteiger partial charge in [0.05, 0.1) is 0 Å². The van der Waals surface area contributed by atoms with Gasteiger partial charge in [0.15, 0.2) is 5.96 Å². The van der Waals surface area contributed by atoms with Crippen molar-refractivity contribution in [1.29, 1.82) is 0 Å². The number of nitrogens with zero attached hydrogens (tertiary/aromatic N) is 2. The van der Waals surface area contributed by atoms with Gasteiger partial charge in [0.1, 0.15) is 0 Å². The van der Waals surface area contributed by atoms with E-state index >= 15 is 0 Å². The normalized spacial score (nSPS) is 18.5. The van der Waals surface area contributed by atoms with Crippen LogP contribution in [-0.2, 0) is 0 Å². The van der Waals surface area contributed by atoms with Crippen LogP contribution in [0.15, 0.2) is 4.99 Å². The second-order valence-electron chi connectivity index (χ2n) is 4.89. The fourth-order valence-electron chi connectivity index (χ4n) is 1.25. The molecule has 1 heterocycles. The van der Waals surface area contributed by atoms with E-state index in [4.69, 9.17) is 0 Å². The first-order valence-electron chi connectivity index (χ1n) is 4.98. The maximum absolute atomic E-state index is 4.44. The molecule has 0 aliphatic carbocycles. The summed E-state index contributed by atoms with van der Waals surface area (Å²) >= 11 is 0. The van der Waals surface area contributed by atoms with E-state index in [9.17, 15) is 0 Å². The third-order valence-electron chi connectivity index (χ3n) is 2.05. The SMILES string of the molecule is CN1CCCN=C1NCC(C)(C)C. The average Bonchev–Trinajstić information content (AvgIpc) is 2.01. The van der Waals surface area contributed by atoms with Gasteiger partial charge < -0.3 is 10.2 Å². The Kier molecular flexibility index (Phi) is 3.17. The maximum Gasteiger partial charge on any atom is 0.193 e. The molecule has 0 aromatic heterocycles. The number of rotatable bonds is 1. The lowest BCUT2D eigenvalue weighted by atomic mass is 9.97. The van der Waals surface area contributed by atoms with Gasteiger partial charge in [-0.2, -0.15) is 0 Å². The highest BCUT2D eigenvalue weighted by atomic mass is 15.3. The van der Waals surface area contributed by atoms with Crippen molar-refractivity contribution in [2.75, 3.05) is 26.7 Å². The molecule has 3 heteroatoms. The summed E-state index contributed by atoms with van der Waals surface area (Å²) in [6, 6.07) is 0. The molecule has 1 rings (SSSR count). The molecule has 0 fully saturated rings. The predicted octanol–water partition coefficient (Wildman–Crippen LogP) is 1.31. The van der Waals surface area contributed by atoms with E-state index in [2.05, 4.69) is 43.0 Å². The van der Waals surface area contributed by atoms with Crippen LogP contribution in [-0.4, -0.2) is 37.5 Å². The largest absolute Gasteiger partial charge is 0.356 e. The molecule has 0 unspecified atom stereocenters. The molecular weight excluding hydrogens is 162 g/mol. The Labute approximate surface area is 81.2 Å². The molecule has 0 saturated heterocycles. The number of hydrogen-bond donors (Lipinski definition) is 1. The molecule has 0 saturated carbocycles. The summed E-state index contributed by atoms with van der Waals surface area (Å²) in [5.41, 5.74) is 0.320. The predicted molar refractivity (Wildman–Crippen MR) is 57.0 cm³/mol. The summed E-state index contributed by atoms with van der Waals surface area (Å²) in [7, 11) is 2.09. The molecule has 0 aromatic rings. The minimum Gasteiger partial charge on any atom is -0.356 e. The Morgan fingerprint density at radius 1 is 1.46 bits per heavy atom. The summed E-state index contributed by atoms with van der Waals surface area (Å²) in [5.74, 6) is 1.06. The van der Waals surface area contributed by atoms with E-state index < -0.39 is 0 Å². The Balaban J connectivity index is 2.39. The van der Waals surface area contributed by atoms with Crippen LogP contribution in [0.4, 0.5) is 0 Å². The Morgan fingerprint density at radius 2 is 2.15 bits per heavy atom. The van der Waals surface area contributed by atoms with Crippen molar-refractivity contribution in [2.24, 2.45) is 10.4 Å². The summed E-state index contributed by atoms with van der Waals surface area (Å²) in [5, 5.41) is 3.39. The fraction of sp³-hybridized carbons (Fsp3) is 0.900. The molecule has 0 amide bonds. The van der Waals surface area contributed by atoms with E-state index in [1.165, 1.54) is 6.42 Å². The van der Waals surface area contributed by atoms with Gasteiger partial charge in [0.25, 0.3) is 0 Å². The molecule has 3 nitrogen and oxygen atoms in total. The zero-order chi connectivity index (χ0) is 9.90. The van der Waals surface area contributed by atoms with Gasteiger partial charge in [-0.15, -0.1) is 0 Å². The molecule has 0 radical (unpaired) electrons. The average molecular weight is 183 g/mol. The van der Waals surface area contributed by atoms with E-state index in [1.54, 1.807) is 0 Å². The summed E-state index contributed by atoms with van der Waals surface area (Å²) in [6.07, 6.45) is 1.18. The Bertz CT molecular complexity index is 191. The highest BCUT2D eigenvalue weighted by Gasteiger charge is 2.14. The highest BCUT2D eigenvalue weighted by molar-refractivity contribution is 5.80. The molecule has 0 atom stereocenters. The van der Waals surface area contributed by atoms with Crippen molar-refractivity contribution in [3.8, 4) is 0 Å². The zero-order valence-corrected chi connectivity index (χ0v) is 9.22. The summed E-state index contributed by atoms with van der Waals surface area (Å²) in [6.45, 7) is 9.75. The number of guanidine groups is 1. The molecule has 1 aliphatic rings. The van der Waals surface area contributed by atoms with Crippen LogP contribution in [0.5, 0.6) is 0 Å². The van der Waals surface area contributed by atoms with Gasteiger partial charge >= 0.3 is 0 Å². The summed E-state index contributed by atoms with van der Waals surface area (Å²) in [4.78, 5) is 6.63. The Morgan fingerprint density at radius 3 is 2.69 bits per heavy atom. The minimum absolute atomic E-state index is 0.320. The maximum atomic E-state index is 4.44. The first-order chi connectivity index (χ1) is 5.99. The van der Waals surface area contributed by atoms with Crippen LogP contribution in [0.1, 0.15) is 27.2 Å². The Hall–Kier alpha value is -0.730. The monoisotopic (exact) mass is 183 g/mol. The van der Waals surface area contributed by atoms with Gasteiger partial charge in [-0.1, -0.05) is 20.8 Å². The van der Waals surface area contributed by atoms with E-state index in [-0.39, 0.29) is 0 Å². The molecule has 76 valence electrons. The van der Waals surface area contributed by atoms with Crippen LogP contribution in [0.2, 0.25) is 0 Å². The van der Waals surface area contributed by atoms with Gasteiger partial charge in [0.2, 0.25) is 0 Å². The van der Waals surface area contributed by atoms with E-state index in [1.807, 2.05) is 0 Å². The number of aliphatic imine (C=N–C) groups is 1. The third-order valence-corrected chi connectivity index (χ3v) is 2.05. The molecule has 1 N–H and O–H groups in total. The van der Waals surface area contributed by atoms with Crippen LogP contribution >= 0.6 is 0 Å². The standard InChI is InChI=1S/C10H21N3/c1-10(2,3)8-12-9-11-6-5-7-13(9)4/h5-8H2,1-4H3,(H,11,12). The van der Waals surface area contributed by atoms with Crippen LogP contribution in [0.3, 0.4) is 0 Å². The minimum atomic E-state index is 0.320. The lowest BCUT2D eigenvalue weighted by Gasteiger charge is -2.28. The zero-order valence-electron chi connectivity index (χ0n) is 9.22. The second kappa shape index (κ2) is 3.99. The fourth-order valence-corrected chi connectivity index (χ4v) is 1.25. The van der Waals surface area contributed by atoms with E-state index in [0.717, 1.165) is 25.6 Å². The molecule has 0 bridgehead atoms. The molecule has 0 aromatic carbocycles. The van der Waals surface area contributed by atoms with Gasteiger partial charge in [-0.3, -0.25) is 4.99 Å². The number of nitrogens with one attached hydrogen (secondary N) is 1. The molecule has 13 heavy (non-hydrogen) atoms. The van der Waals surface area contributed by atoms with E-state index in [0.29, 0.717) is 5.41 Å². The van der Waals surface area contributed by atoms with Crippen molar-refractivity contribution in [2.45, 2.75) is 27.2 Å². The van der Waals surface area contributed by atoms with Crippen molar-refractivity contribution >= 4 is 5.96 Å². The van der Waals surface area contributed by atoms with Crippen LogP contribution in [0.25, 0.3) is 0 Å². The van der Waals surface area contributed by atoms with Gasteiger partial charge in [-0.05, 0) is 11.8 Å². The van der Waals surface area contributed by atoms with Crippen molar-refractivity contribution in [3.05, 3.63) is 0 Å². The van der Waals surface area contributed by atoms with Crippen LogP contribution in [0, 0.1) is 5.41 Å². The quantitative estimate of drug-likeness (QED) is 0.664. The topological polar surface area (TPSA) is 27.6 Å².